The first-order valence-electron chi connectivity index (χ1n) is 5.33. The summed E-state index contributed by atoms with van der Waals surface area (Å²) in [6.07, 6.45) is -0.0841. The number of tetrazole rings is 1. The number of aliphatic carboxylic acids is 1. The number of benzene rings is 1. The highest BCUT2D eigenvalue weighted by Gasteiger charge is 2.17. The van der Waals surface area contributed by atoms with E-state index in [9.17, 15) is 9.18 Å². The van der Waals surface area contributed by atoms with E-state index >= 15 is 0 Å². The number of hydrogen-bond acceptors (Lipinski definition) is 4. The van der Waals surface area contributed by atoms with Crippen LogP contribution in [0.2, 0.25) is 0 Å². The van der Waals surface area contributed by atoms with E-state index in [1.54, 1.807) is 19.1 Å². The van der Waals surface area contributed by atoms with Gasteiger partial charge in [-0.15, -0.1) is 5.10 Å². The average molecular weight is 250 g/mol. The van der Waals surface area contributed by atoms with Gasteiger partial charge >= 0.3 is 5.97 Å². The monoisotopic (exact) mass is 250 g/mol. The Bertz CT molecular complexity index is 552. The molecule has 0 aliphatic carbocycles. The summed E-state index contributed by atoms with van der Waals surface area (Å²) in [5.41, 5.74) is 0.638. The van der Waals surface area contributed by atoms with Gasteiger partial charge in [0.05, 0.1) is 12.5 Å². The van der Waals surface area contributed by atoms with Gasteiger partial charge in [0.1, 0.15) is 5.82 Å². The average Bonchev–Trinajstić information content (AvgIpc) is 2.78. The third kappa shape index (κ3) is 2.50. The van der Waals surface area contributed by atoms with Gasteiger partial charge in [-0.25, -0.2) is 9.07 Å². The molecule has 0 saturated carbocycles. The molecule has 1 unspecified atom stereocenters. The number of halogens is 1. The van der Waals surface area contributed by atoms with Crippen molar-refractivity contribution in [2.45, 2.75) is 19.4 Å². The van der Waals surface area contributed by atoms with Gasteiger partial charge in [-0.2, -0.15) is 0 Å². The molecule has 1 N–H and O–H groups in total. The zero-order valence-electron chi connectivity index (χ0n) is 9.62. The fourth-order valence-electron chi connectivity index (χ4n) is 1.62. The first kappa shape index (κ1) is 12.2. The summed E-state index contributed by atoms with van der Waals surface area (Å²) >= 11 is 0. The molecule has 94 valence electrons. The van der Waals surface area contributed by atoms with Crippen molar-refractivity contribution < 1.29 is 14.3 Å². The van der Waals surface area contributed by atoms with Crippen LogP contribution < -0.4 is 0 Å². The minimum absolute atomic E-state index is 0.0841. The number of carboxylic acid groups (broad SMARTS) is 1. The Labute approximate surface area is 102 Å². The van der Waals surface area contributed by atoms with Gasteiger partial charge in [0.25, 0.3) is 0 Å². The van der Waals surface area contributed by atoms with Crippen molar-refractivity contribution in [3.63, 3.8) is 0 Å². The van der Waals surface area contributed by atoms with Crippen molar-refractivity contribution >= 4 is 5.97 Å². The predicted octanol–water partition coefficient (Wildman–Crippen LogP) is 1.51. The third-order valence-corrected chi connectivity index (χ3v) is 2.48. The lowest BCUT2D eigenvalue weighted by Crippen LogP contribution is -2.13. The van der Waals surface area contributed by atoms with Crippen LogP contribution in [0, 0.1) is 5.82 Å². The van der Waals surface area contributed by atoms with Crippen molar-refractivity contribution in [2.24, 2.45) is 0 Å². The summed E-state index contributed by atoms with van der Waals surface area (Å²) in [5, 5.41) is 19.9. The second-order valence-electron chi connectivity index (χ2n) is 3.90. The molecule has 0 radical (unpaired) electrons. The quantitative estimate of drug-likeness (QED) is 0.889. The predicted molar refractivity (Wildman–Crippen MR) is 60.2 cm³/mol. The molecular weight excluding hydrogens is 239 g/mol. The molecule has 2 aromatic rings. The Morgan fingerprint density at radius 2 is 2.11 bits per heavy atom. The van der Waals surface area contributed by atoms with Crippen LogP contribution in [0.4, 0.5) is 4.39 Å². The molecule has 2 rings (SSSR count). The maximum absolute atomic E-state index is 12.8. The molecule has 7 heteroatoms. The molecule has 18 heavy (non-hydrogen) atoms. The van der Waals surface area contributed by atoms with Crippen LogP contribution >= 0.6 is 0 Å². The van der Waals surface area contributed by atoms with Gasteiger partial charge in [-0.1, -0.05) is 0 Å². The lowest BCUT2D eigenvalue weighted by molar-refractivity contribution is -0.137. The molecular formula is C11H11FN4O2. The Kier molecular flexibility index (Phi) is 3.31. The van der Waals surface area contributed by atoms with Gasteiger partial charge in [0.15, 0.2) is 5.82 Å². The van der Waals surface area contributed by atoms with Crippen LogP contribution in [0.3, 0.4) is 0 Å². The van der Waals surface area contributed by atoms with Crippen LogP contribution in [0.5, 0.6) is 0 Å². The SMILES string of the molecule is CC(CC(=O)O)n1nnnc1-c1ccc(F)cc1. The smallest absolute Gasteiger partial charge is 0.305 e. The van der Waals surface area contributed by atoms with Crippen molar-refractivity contribution in [1.29, 1.82) is 0 Å². The summed E-state index contributed by atoms with van der Waals surface area (Å²) in [6, 6.07) is 5.32. The van der Waals surface area contributed by atoms with Gasteiger partial charge in [0, 0.05) is 5.56 Å². The van der Waals surface area contributed by atoms with Crippen molar-refractivity contribution in [2.75, 3.05) is 0 Å². The zero-order chi connectivity index (χ0) is 13.1. The number of hydrogen-bond donors (Lipinski definition) is 1. The van der Waals surface area contributed by atoms with E-state index in [2.05, 4.69) is 15.5 Å². The van der Waals surface area contributed by atoms with Crippen molar-refractivity contribution in [3.8, 4) is 11.4 Å². The molecule has 1 aromatic heterocycles. The van der Waals surface area contributed by atoms with E-state index in [-0.39, 0.29) is 18.3 Å². The summed E-state index contributed by atoms with van der Waals surface area (Å²) in [4.78, 5) is 10.7. The molecule has 0 spiro atoms. The number of carboxylic acids is 1. The highest BCUT2D eigenvalue weighted by atomic mass is 19.1. The summed E-state index contributed by atoms with van der Waals surface area (Å²) in [7, 11) is 0. The van der Waals surface area contributed by atoms with Crippen LogP contribution in [0.25, 0.3) is 11.4 Å². The molecule has 1 aromatic carbocycles. The highest BCUT2D eigenvalue weighted by molar-refractivity contribution is 5.67. The first-order chi connectivity index (χ1) is 8.58. The Morgan fingerprint density at radius 3 is 2.72 bits per heavy atom. The van der Waals surface area contributed by atoms with E-state index in [0.717, 1.165) is 0 Å². The largest absolute Gasteiger partial charge is 0.481 e. The lowest BCUT2D eigenvalue weighted by atomic mass is 10.2. The molecule has 0 saturated heterocycles. The Morgan fingerprint density at radius 1 is 1.44 bits per heavy atom. The van der Waals surface area contributed by atoms with Crippen molar-refractivity contribution in [3.05, 3.63) is 30.1 Å². The maximum Gasteiger partial charge on any atom is 0.305 e. The molecule has 0 fully saturated rings. The highest BCUT2D eigenvalue weighted by Crippen LogP contribution is 2.20. The van der Waals surface area contributed by atoms with E-state index in [1.165, 1.54) is 16.8 Å². The topological polar surface area (TPSA) is 80.9 Å². The van der Waals surface area contributed by atoms with Crippen molar-refractivity contribution in [1.82, 2.24) is 20.2 Å². The fraction of sp³-hybridized carbons (Fsp3) is 0.273. The number of nitrogens with zero attached hydrogens (tertiary/aromatic N) is 4. The van der Waals surface area contributed by atoms with Gasteiger partial charge in [0.2, 0.25) is 0 Å². The van der Waals surface area contributed by atoms with E-state index in [0.29, 0.717) is 11.4 Å². The molecule has 6 nitrogen and oxygen atoms in total. The summed E-state index contributed by atoms with van der Waals surface area (Å²) in [6.45, 7) is 1.71. The molecule has 1 heterocycles. The minimum Gasteiger partial charge on any atom is -0.481 e. The molecule has 0 aliphatic rings. The minimum atomic E-state index is -0.928. The zero-order valence-corrected chi connectivity index (χ0v) is 9.62. The van der Waals surface area contributed by atoms with E-state index < -0.39 is 5.97 Å². The molecule has 0 aliphatic heterocycles. The fourth-order valence-corrected chi connectivity index (χ4v) is 1.62. The van der Waals surface area contributed by atoms with Crippen LogP contribution in [0.15, 0.2) is 24.3 Å². The standard InChI is InChI=1S/C11H11FN4O2/c1-7(6-10(17)18)16-11(13-14-15-16)8-2-4-9(12)5-3-8/h2-5,7H,6H2,1H3,(H,17,18). The first-order valence-corrected chi connectivity index (χ1v) is 5.33. The number of rotatable bonds is 4. The Balaban J connectivity index is 2.32. The lowest BCUT2D eigenvalue weighted by Gasteiger charge is -2.10. The Hall–Kier alpha value is -2.31. The second kappa shape index (κ2) is 4.91. The number of carbonyl (C=O) groups is 1. The second-order valence-corrected chi connectivity index (χ2v) is 3.90. The number of aromatic nitrogens is 4. The van der Waals surface area contributed by atoms with E-state index in [4.69, 9.17) is 5.11 Å². The van der Waals surface area contributed by atoms with Crippen LogP contribution in [-0.4, -0.2) is 31.3 Å². The van der Waals surface area contributed by atoms with Gasteiger partial charge in [-0.3, -0.25) is 4.79 Å². The molecule has 0 amide bonds. The van der Waals surface area contributed by atoms with E-state index in [1.807, 2.05) is 0 Å². The maximum atomic E-state index is 12.8. The molecule has 1 atom stereocenters. The van der Waals surface area contributed by atoms with Gasteiger partial charge < -0.3 is 5.11 Å². The summed E-state index contributed by atoms with van der Waals surface area (Å²) < 4.78 is 14.2. The molecule has 0 bridgehead atoms. The van der Waals surface area contributed by atoms with Crippen LogP contribution in [0.1, 0.15) is 19.4 Å². The van der Waals surface area contributed by atoms with Crippen LogP contribution in [-0.2, 0) is 4.79 Å². The third-order valence-electron chi connectivity index (χ3n) is 2.48. The normalized spacial score (nSPS) is 12.3. The van der Waals surface area contributed by atoms with Gasteiger partial charge in [-0.05, 0) is 41.6 Å². The summed E-state index contributed by atoms with van der Waals surface area (Å²) in [5.74, 6) is -0.858.